The van der Waals surface area contributed by atoms with Crippen LogP contribution in [0.3, 0.4) is 0 Å². The lowest BCUT2D eigenvalue weighted by molar-refractivity contribution is 0.122. The van der Waals surface area contributed by atoms with E-state index in [0.29, 0.717) is 6.04 Å². The van der Waals surface area contributed by atoms with E-state index in [1.165, 1.54) is 12.8 Å². The molecule has 1 aliphatic rings. The Morgan fingerprint density at radius 1 is 1.32 bits per heavy atom. The van der Waals surface area contributed by atoms with E-state index in [-0.39, 0.29) is 11.6 Å². The number of nitrogens with zero attached hydrogens (tertiary/aromatic N) is 4. The Morgan fingerprint density at radius 3 is 2.53 bits per heavy atom. The molecule has 0 aliphatic carbocycles. The maximum Gasteiger partial charge on any atom is 0.138 e. The van der Waals surface area contributed by atoms with Gasteiger partial charge in [0.15, 0.2) is 0 Å². The number of rotatable bonds is 5. The van der Waals surface area contributed by atoms with Crippen LogP contribution in [0.1, 0.15) is 52.4 Å². The predicted octanol–water partition coefficient (Wildman–Crippen LogP) is 1.60. The van der Waals surface area contributed by atoms with Crippen molar-refractivity contribution in [1.29, 1.82) is 0 Å². The fraction of sp³-hybridized carbons (Fsp3) is 0.857. The highest BCUT2D eigenvalue weighted by molar-refractivity contribution is 5.00. The first-order valence-corrected chi connectivity index (χ1v) is 7.32. The molecular weight excluding hydrogens is 238 g/mol. The van der Waals surface area contributed by atoms with Gasteiger partial charge in [0.2, 0.25) is 0 Å². The Morgan fingerprint density at radius 2 is 1.95 bits per heavy atom. The lowest BCUT2D eigenvalue weighted by atomic mass is 9.90. The Balaban J connectivity index is 2.07. The van der Waals surface area contributed by atoms with E-state index in [1.54, 1.807) is 6.33 Å². The number of aromatic nitrogens is 3. The van der Waals surface area contributed by atoms with Gasteiger partial charge in [-0.3, -0.25) is 4.90 Å². The number of hydrogen-bond acceptors (Lipinski definition) is 4. The summed E-state index contributed by atoms with van der Waals surface area (Å²) in [4.78, 5) is 6.88. The van der Waals surface area contributed by atoms with Crippen molar-refractivity contribution in [3.05, 3.63) is 12.2 Å². The standard InChI is InChI=1S/C14H27N5/c1-11(2)19-13(16-10-17-19)9-12(15)14(3,4)18-7-5-6-8-18/h10-12H,5-9,15H2,1-4H3. The molecule has 19 heavy (non-hydrogen) atoms. The molecule has 1 saturated heterocycles. The van der Waals surface area contributed by atoms with Crippen molar-refractivity contribution in [2.75, 3.05) is 13.1 Å². The van der Waals surface area contributed by atoms with Crippen molar-refractivity contribution >= 4 is 0 Å². The molecule has 2 N–H and O–H groups in total. The molecule has 0 bridgehead atoms. The highest BCUT2D eigenvalue weighted by Gasteiger charge is 2.35. The highest BCUT2D eigenvalue weighted by atomic mass is 15.3. The third kappa shape index (κ3) is 2.98. The summed E-state index contributed by atoms with van der Waals surface area (Å²) in [6.45, 7) is 11.1. The molecule has 0 radical (unpaired) electrons. The second-order valence-corrected chi connectivity index (χ2v) is 6.37. The van der Waals surface area contributed by atoms with Crippen LogP contribution in [0.25, 0.3) is 0 Å². The van der Waals surface area contributed by atoms with Gasteiger partial charge in [-0.1, -0.05) is 0 Å². The molecule has 1 aromatic rings. The number of likely N-dealkylation sites (tertiary alicyclic amines) is 1. The van der Waals surface area contributed by atoms with Crippen LogP contribution in [-0.2, 0) is 6.42 Å². The monoisotopic (exact) mass is 265 g/mol. The summed E-state index contributed by atoms with van der Waals surface area (Å²) in [5.74, 6) is 0.995. The Bertz CT molecular complexity index is 404. The highest BCUT2D eigenvalue weighted by Crippen LogP contribution is 2.25. The molecule has 2 heterocycles. The van der Waals surface area contributed by atoms with Gasteiger partial charge in [-0.25, -0.2) is 9.67 Å². The van der Waals surface area contributed by atoms with Crippen LogP contribution in [0.4, 0.5) is 0 Å². The fourth-order valence-electron chi connectivity index (χ4n) is 2.83. The van der Waals surface area contributed by atoms with Crippen molar-refractivity contribution < 1.29 is 0 Å². The van der Waals surface area contributed by atoms with E-state index >= 15 is 0 Å². The van der Waals surface area contributed by atoms with Gasteiger partial charge in [-0.05, 0) is 53.6 Å². The summed E-state index contributed by atoms with van der Waals surface area (Å²) in [5, 5.41) is 4.28. The summed E-state index contributed by atoms with van der Waals surface area (Å²) in [6, 6.07) is 0.409. The van der Waals surface area contributed by atoms with Crippen LogP contribution in [-0.4, -0.2) is 44.3 Å². The van der Waals surface area contributed by atoms with Gasteiger partial charge in [-0.2, -0.15) is 5.10 Å². The first-order valence-electron chi connectivity index (χ1n) is 7.32. The minimum Gasteiger partial charge on any atom is -0.326 e. The molecule has 1 unspecified atom stereocenters. The number of nitrogens with two attached hydrogens (primary N) is 1. The summed E-state index contributed by atoms with van der Waals surface area (Å²) < 4.78 is 1.97. The maximum atomic E-state index is 6.47. The van der Waals surface area contributed by atoms with E-state index in [4.69, 9.17) is 5.73 Å². The lowest BCUT2D eigenvalue weighted by Gasteiger charge is -2.40. The number of hydrogen-bond donors (Lipinski definition) is 1. The van der Waals surface area contributed by atoms with Crippen molar-refractivity contribution in [3.63, 3.8) is 0 Å². The van der Waals surface area contributed by atoms with Gasteiger partial charge in [0.1, 0.15) is 12.2 Å². The normalized spacial score (nSPS) is 19.3. The van der Waals surface area contributed by atoms with E-state index in [9.17, 15) is 0 Å². The quantitative estimate of drug-likeness (QED) is 0.878. The second kappa shape index (κ2) is 5.59. The molecule has 1 atom stereocenters. The minimum absolute atomic E-state index is 0.0181. The van der Waals surface area contributed by atoms with Gasteiger partial charge < -0.3 is 5.73 Å². The van der Waals surface area contributed by atoms with E-state index < -0.39 is 0 Å². The topological polar surface area (TPSA) is 60.0 Å². The third-order valence-electron chi connectivity index (χ3n) is 4.37. The zero-order chi connectivity index (χ0) is 14.0. The van der Waals surface area contributed by atoms with Gasteiger partial charge >= 0.3 is 0 Å². The predicted molar refractivity (Wildman–Crippen MR) is 77.0 cm³/mol. The molecule has 0 amide bonds. The summed E-state index contributed by atoms with van der Waals surface area (Å²) in [6.07, 6.45) is 4.99. The van der Waals surface area contributed by atoms with Crippen LogP contribution in [0.5, 0.6) is 0 Å². The average molecular weight is 265 g/mol. The van der Waals surface area contributed by atoms with Crippen molar-refractivity contribution in [3.8, 4) is 0 Å². The second-order valence-electron chi connectivity index (χ2n) is 6.37. The fourth-order valence-corrected chi connectivity index (χ4v) is 2.83. The van der Waals surface area contributed by atoms with Gasteiger partial charge in [0, 0.05) is 24.0 Å². The summed E-state index contributed by atoms with van der Waals surface area (Å²) in [5.41, 5.74) is 6.49. The molecular formula is C14H27N5. The molecule has 1 aromatic heterocycles. The molecule has 0 spiro atoms. The Hall–Kier alpha value is -0.940. The zero-order valence-corrected chi connectivity index (χ0v) is 12.6. The van der Waals surface area contributed by atoms with Crippen LogP contribution < -0.4 is 5.73 Å². The SMILES string of the molecule is CC(C)n1ncnc1CC(N)C(C)(C)N1CCCC1. The van der Waals surface area contributed by atoms with Gasteiger partial charge in [0.25, 0.3) is 0 Å². The zero-order valence-electron chi connectivity index (χ0n) is 12.6. The van der Waals surface area contributed by atoms with E-state index in [2.05, 4.69) is 42.7 Å². The third-order valence-corrected chi connectivity index (χ3v) is 4.37. The molecule has 1 fully saturated rings. The minimum atomic E-state index is 0.0181. The van der Waals surface area contributed by atoms with Crippen LogP contribution in [0.2, 0.25) is 0 Å². The van der Waals surface area contributed by atoms with Crippen LogP contribution in [0, 0.1) is 0 Å². The molecule has 108 valence electrons. The molecule has 2 rings (SSSR count). The first-order chi connectivity index (χ1) is 8.93. The van der Waals surface area contributed by atoms with E-state index in [1.807, 2.05) is 4.68 Å². The molecule has 1 aliphatic heterocycles. The Kier molecular flexibility index (Phi) is 4.26. The summed E-state index contributed by atoms with van der Waals surface area (Å²) in [7, 11) is 0. The van der Waals surface area contributed by atoms with E-state index in [0.717, 1.165) is 25.3 Å². The van der Waals surface area contributed by atoms with Crippen molar-refractivity contribution in [1.82, 2.24) is 19.7 Å². The van der Waals surface area contributed by atoms with Gasteiger partial charge in [-0.15, -0.1) is 0 Å². The molecule has 5 heteroatoms. The van der Waals surface area contributed by atoms with Crippen LogP contribution in [0.15, 0.2) is 6.33 Å². The largest absolute Gasteiger partial charge is 0.326 e. The summed E-state index contributed by atoms with van der Waals surface area (Å²) >= 11 is 0. The average Bonchev–Trinajstić information content (AvgIpc) is 2.99. The molecule has 0 aromatic carbocycles. The molecule has 0 saturated carbocycles. The van der Waals surface area contributed by atoms with Crippen molar-refractivity contribution in [2.24, 2.45) is 5.73 Å². The first kappa shape index (κ1) is 14.5. The maximum absolute atomic E-state index is 6.47. The van der Waals surface area contributed by atoms with Crippen molar-refractivity contribution in [2.45, 2.75) is 64.6 Å². The molecule has 5 nitrogen and oxygen atoms in total. The Labute approximate surface area is 116 Å². The van der Waals surface area contributed by atoms with Crippen LogP contribution >= 0.6 is 0 Å². The van der Waals surface area contributed by atoms with Gasteiger partial charge in [0.05, 0.1) is 0 Å². The lowest BCUT2D eigenvalue weighted by Crippen LogP contribution is -2.56. The smallest absolute Gasteiger partial charge is 0.138 e.